The number of nitrogens with zero attached hydrogens (tertiary/aromatic N) is 4. The summed E-state index contributed by atoms with van der Waals surface area (Å²) in [5.41, 5.74) is 4.79. The van der Waals surface area contributed by atoms with E-state index in [1.54, 1.807) is 6.20 Å². The second-order valence-corrected chi connectivity index (χ2v) is 8.69. The van der Waals surface area contributed by atoms with Crippen LogP contribution >= 0.6 is 0 Å². The van der Waals surface area contributed by atoms with Crippen LogP contribution in [0, 0.1) is 13.8 Å². The molecule has 0 unspecified atom stereocenters. The summed E-state index contributed by atoms with van der Waals surface area (Å²) in [6.45, 7) is 6.24. The lowest BCUT2D eigenvalue weighted by Crippen LogP contribution is -2.43. The lowest BCUT2D eigenvalue weighted by Gasteiger charge is -2.36. The minimum Gasteiger partial charge on any atom is -0.366 e. The van der Waals surface area contributed by atoms with Gasteiger partial charge in [0, 0.05) is 19.3 Å². The minimum absolute atomic E-state index is 0.178. The maximum absolute atomic E-state index is 13.6. The fourth-order valence-corrected chi connectivity index (χ4v) is 4.41. The van der Waals surface area contributed by atoms with Crippen LogP contribution in [0.15, 0.2) is 48.3 Å². The van der Waals surface area contributed by atoms with E-state index in [1.807, 2.05) is 57.3 Å². The Morgan fingerprint density at radius 1 is 1.03 bits per heavy atom. The highest BCUT2D eigenvalue weighted by molar-refractivity contribution is 6.35. The third-order valence-electron chi connectivity index (χ3n) is 6.57. The van der Waals surface area contributed by atoms with Crippen molar-refractivity contribution in [2.45, 2.75) is 39.3 Å². The lowest BCUT2D eigenvalue weighted by molar-refractivity contribution is -0.138. The maximum atomic E-state index is 13.6. The van der Waals surface area contributed by atoms with Crippen LogP contribution in [0.4, 0.5) is 0 Å². The SMILES string of the molecule is Cc1ccc(C2=C(N(C)C3CCN(C)CC3)C(=O)N(Cc3ccccn3)C2=O)cc1C. The number of pyridine rings is 1. The number of imide groups is 1. The standard InChI is InChI=1S/C25H30N4O2/c1-17-8-9-19(15-18(17)2)22-23(28(4)21-10-13-27(3)14-11-21)25(31)29(24(22)30)16-20-7-5-6-12-26-20/h5-9,12,15,21H,10-11,13-14,16H2,1-4H3. The van der Waals surface area contributed by atoms with Crippen LogP contribution in [0.5, 0.6) is 0 Å². The molecule has 2 amide bonds. The highest BCUT2D eigenvalue weighted by Gasteiger charge is 2.42. The predicted octanol–water partition coefficient (Wildman–Crippen LogP) is 3.00. The molecular weight excluding hydrogens is 388 g/mol. The van der Waals surface area contributed by atoms with Crippen LogP contribution in [-0.2, 0) is 16.1 Å². The average Bonchev–Trinajstić information content (AvgIpc) is 3.01. The fourth-order valence-electron chi connectivity index (χ4n) is 4.41. The van der Waals surface area contributed by atoms with Crippen LogP contribution in [0.1, 0.15) is 35.2 Å². The summed E-state index contributed by atoms with van der Waals surface area (Å²) in [5, 5.41) is 0. The molecule has 0 saturated carbocycles. The van der Waals surface area contributed by atoms with Crippen LogP contribution in [-0.4, -0.2) is 64.7 Å². The largest absolute Gasteiger partial charge is 0.366 e. The zero-order valence-electron chi connectivity index (χ0n) is 18.8. The third kappa shape index (κ3) is 4.12. The van der Waals surface area contributed by atoms with Gasteiger partial charge < -0.3 is 9.80 Å². The van der Waals surface area contributed by atoms with Gasteiger partial charge in [-0.25, -0.2) is 0 Å². The summed E-state index contributed by atoms with van der Waals surface area (Å²) in [6.07, 6.45) is 3.63. The van der Waals surface area contributed by atoms with Crippen LogP contribution in [0.2, 0.25) is 0 Å². The summed E-state index contributed by atoms with van der Waals surface area (Å²) >= 11 is 0. The average molecular weight is 419 g/mol. The van der Waals surface area contributed by atoms with Gasteiger partial charge in [-0.1, -0.05) is 24.3 Å². The molecule has 31 heavy (non-hydrogen) atoms. The molecule has 0 N–H and O–H groups in total. The first-order valence-electron chi connectivity index (χ1n) is 10.9. The van der Waals surface area contributed by atoms with Gasteiger partial charge >= 0.3 is 0 Å². The van der Waals surface area contributed by atoms with Gasteiger partial charge in [0.15, 0.2) is 0 Å². The molecule has 2 aromatic rings. The van der Waals surface area contributed by atoms with E-state index < -0.39 is 0 Å². The van der Waals surface area contributed by atoms with Gasteiger partial charge in [0.2, 0.25) is 0 Å². The Kier molecular flexibility index (Phi) is 5.92. The number of likely N-dealkylation sites (N-methyl/N-ethyl adjacent to an activating group) is 1. The van der Waals surface area contributed by atoms with E-state index in [4.69, 9.17) is 0 Å². The first-order valence-corrected chi connectivity index (χ1v) is 10.9. The number of rotatable bonds is 5. The van der Waals surface area contributed by atoms with Crippen molar-refractivity contribution in [1.82, 2.24) is 19.7 Å². The number of carbonyl (C=O) groups excluding carboxylic acids is 2. The van der Waals surface area contributed by atoms with Crippen LogP contribution in [0.25, 0.3) is 5.57 Å². The van der Waals surface area contributed by atoms with E-state index in [9.17, 15) is 9.59 Å². The zero-order chi connectivity index (χ0) is 22.1. The molecule has 1 fully saturated rings. The van der Waals surface area contributed by atoms with Gasteiger partial charge in [0.25, 0.3) is 11.8 Å². The van der Waals surface area contributed by atoms with Crippen molar-refractivity contribution in [2.24, 2.45) is 0 Å². The van der Waals surface area contributed by atoms with E-state index >= 15 is 0 Å². The molecule has 0 atom stereocenters. The van der Waals surface area contributed by atoms with Crippen molar-refractivity contribution < 1.29 is 9.59 Å². The van der Waals surface area contributed by atoms with Crippen molar-refractivity contribution in [1.29, 1.82) is 0 Å². The number of likely N-dealkylation sites (tertiary alicyclic amines) is 1. The van der Waals surface area contributed by atoms with Crippen LogP contribution < -0.4 is 0 Å². The van der Waals surface area contributed by atoms with Crippen molar-refractivity contribution in [2.75, 3.05) is 27.2 Å². The number of aromatic nitrogens is 1. The quantitative estimate of drug-likeness (QED) is 0.699. The molecule has 1 saturated heterocycles. The number of piperidine rings is 1. The van der Waals surface area contributed by atoms with Gasteiger partial charge in [-0.2, -0.15) is 0 Å². The summed E-state index contributed by atoms with van der Waals surface area (Å²) < 4.78 is 0. The molecule has 0 bridgehead atoms. The minimum atomic E-state index is -0.242. The first-order chi connectivity index (χ1) is 14.9. The molecule has 3 heterocycles. The second-order valence-electron chi connectivity index (χ2n) is 8.69. The van der Waals surface area contributed by atoms with E-state index in [0.717, 1.165) is 42.6 Å². The molecular formula is C25H30N4O2. The highest BCUT2D eigenvalue weighted by Crippen LogP contribution is 2.34. The van der Waals surface area contributed by atoms with Crippen LogP contribution in [0.3, 0.4) is 0 Å². The number of hydrogen-bond donors (Lipinski definition) is 0. The molecule has 2 aliphatic heterocycles. The Bertz CT molecular complexity index is 1020. The Labute approximate surface area is 184 Å². The summed E-state index contributed by atoms with van der Waals surface area (Å²) in [4.78, 5) is 37.1. The molecule has 0 aliphatic carbocycles. The van der Waals surface area contributed by atoms with Gasteiger partial charge in [-0.05, 0) is 75.6 Å². The van der Waals surface area contributed by atoms with E-state index in [0.29, 0.717) is 17.0 Å². The van der Waals surface area contributed by atoms with Gasteiger partial charge in [-0.15, -0.1) is 0 Å². The Hall–Kier alpha value is -2.99. The van der Waals surface area contributed by atoms with Crippen molar-refractivity contribution in [3.05, 3.63) is 70.7 Å². The first kappa shape index (κ1) is 21.2. The van der Waals surface area contributed by atoms with Gasteiger partial charge in [-0.3, -0.25) is 19.5 Å². The van der Waals surface area contributed by atoms with Gasteiger partial charge in [0.05, 0.1) is 17.8 Å². The number of carbonyl (C=O) groups is 2. The number of aryl methyl sites for hydroxylation is 2. The molecule has 1 aromatic carbocycles. The fraction of sp³-hybridized carbons (Fsp3) is 0.400. The van der Waals surface area contributed by atoms with Crippen molar-refractivity contribution >= 4 is 17.4 Å². The zero-order valence-corrected chi connectivity index (χ0v) is 18.8. The highest BCUT2D eigenvalue weighted by atomic mass is 16.2. The Balaban J connectivity index is 1.74. The molecule has 1 aromatic heterocycles. The number of hydrogen-bond acceptors (Lipinski definition) is 5. The molecule has 6 nitrogen and oxygen atoms in total. The normalized spacial score (nSPS) is 18.3. The second kappa shape index (κ2) is 8.63. The predicted molar refractivity (Wildman–Crippen MR) is 121 cm³/mol. The molecule has 0 radical (unpaired) electrons. The monoisotopic (exact) mass is 418 g/mol. The number of benzene rings is 1. The smallest absolute Gasteiger partial charge is 0.278 e. The molecule has 162 valence electrons. The Morgan fingerprint density at radius 3 is 2.42 bits per heavy atom. The third-order valence-corrected chi connectivity index (χ3v) is 6.57. The molecule has 4 rings (SSSR count). The summed E-state index contributed by atoms with van der Waals surface area (Å²) in [6, 6.07) is 11.8. The maximum Gasteiger partial charge on any atom is 0.278 e. The topological polar surface area (TPSA) is 56.8 Å². The van der Waals surface area contributed by atoms with E-state index in [1.165, 1.54) is 4.90 Å². The van der Waals surface area contributed by atoms with Gasteiger partial charge in [0.1, 0.15) is 5.70 Å². The van der Waals surface area contributed by atoms with Crippen molar-refractivity contribution in [3.63, 3.8) is 0 Å². The summed E-state index contributed by atoms with van der Waals surface area (Å²) in [5.74, 6) is -0.473. The molecule has 0 spiro atoms. The molecule has 6 heteroatoms. The Morgan fingerprint density at radius 2 is 1.77 bits per heavy atom. The molecule has 2 aliphatic rings. The van der Waals surface area contributed by atoms with E-state index in [2.05, 4.69) is 21.8 Å². The summed E-state index contributed by atoms with van der Waals surface area (Å²) in [7, 11) is 4.08. The number of amides is 2. The van der Waals surface area contributed by atoms with Crippen molar-refractivity contribution in [3.8, 4) is 0 Å². The van der Waals surface area contributed by atoms with E-state index in [-0.39, 0.29) is 24.4 Å². The lowest BCUT2D eigenvalue weighted by atomic mass is 9.97.